The molecule has 248 valence electrons. The molecule has 0 aliphatic carbocycles. The largest absolute Gasteiger partial charge is 0.497 e. The minimum absolute atomic E-state index is 0.0138. The first-order chi connectivity index (χ1) is 22.7. The molecule has 47 heavy (non-hydrogen) atoms. The normalized spacial score (nSPS) is 11.7. The van der Waals surface area contributed by atoms with Crippen molar-refractivity contribution in [2.45, 2.75) is 43.7 Å². The van der Waals surface area contributed by atoms with Gasteiger partial charge >= 0.3 is 0 Å². The molecule has 0 aromatic heterocycles. The first kappa shape index (κ1) is 35.3. The van der Waals surface area contributed by atoms with Gasteiger partial charge in [-0.3, -0.25) is 13.9 Å². The molecule has 2 amide bonds. The Morgan fingerprint density at radius 2 is 1.51 bits per heavy atom. The quantitative estimate of drug-likeness (QED) is 0.144. The Kier molecular flexibility index (Phi) is 12.7. The summed E-state index contributed by atoms with van der Waals surface area (Å²) in [5, 5.41) is 3.51. The lowest BCUT2D eigenvalue weighted by Crippen LogP contribution is -2.53. The zero-order valence-corrected chi connectivity index (χ0v) is 28.3. The number of hydrogen-bond acceptors (Lipinski definition) is 6. The molecule has 11 heteroatoms. The molecule has 0 saturated heterocycles. The number of carbonyl (C=O) groups is 2. The molecule has 0 heterocycles. The van der Waals surface area contributed by atoms with Gasteiger partial charge < -0.3 is 19.7 Å². The van der Waals surface area contributed by atoms with E-state index in [0.29, 0.717) is 17.3 Å². The van der Waals surface area contributed by atoms with Crippen LogP contribution in [0, 0.1) is 0 Å². The van der Waals surface area contributed by atoms with Crippen molar-refractivity contribution in [3.63, 3.8) is 0 Å². The van der Waals surface area contributed by atoms with Crippen LogP contribution in [0.15, 0.2) is 108 Å². The van der Waals surface area contributed by atoms with Gasteiger partial charge in [0.25, 0.3) is 10.0 Å². The SMILES string of the molecule is CCCCNC(=O)[C@@H](Cc1ccccc1)N(Cc1ccc(Cl)cc1)C(=O)CN(c1cc(OC)ccc1OC)S(=O)(=O)c1ccccc1. The van der Waals surface area contributed by atoms with Crippen LogP contribution in [-0.4, -0.2) is 58.5 Å². The predicted molar refractivity (Wildman–Crippen MR) is 184 cm³/mol. The number of ether oxygens (including phenoxy) is 2. The summed E-state index contributed by atoms with van der Waals surface area (Å²) in [4.78, 5) is 29.9. The Bertz CT molecular complexity index is 1720. The molecule has 0 radical (unpaired) electrons. The number of benzene rings is 4. The second kappa shape index (κ2) is 16.9. The highest BCUT2D eigenvalue weighted by Gasteiger charge is 2.35. The van der Waals surface area contributed by atoms with Gasteiger partial charge in [0, 0.05) is 30.6 Å². The van der Waals surface area contributed by atoms with Gasteiger partial charge in [0.1, 0.15) is 24.1 Å². The zero-order chi connectivity index (χ0) is 33.8. The lowest BCUT2D eigenvalue weighted by molar-refractivity contribution is -0.140. The number of nitrogens with zero attached hydrogens (tertiary/aromatic N) is 2. The molecule has 0 aliphatic heterocycles. The summed E-state index contributed by atoms with van der Waals surface area (Å²) < 4.78 is 40.6. The first-order valence-corrected chi connectivity index (χ1v) is 17.1. The van der Waals surface area contributed by atoms with E-state index < -0.39 is 28.5 Å². The van der Waals surface area contributed by atoms with Crippen molar-refractivity contribution in [1.82, 2.24) is 10.2 Å². The smallest absolute Gasteiger partial charge is 0.264 e. The zero-order valence-electron chi connectivity index (χ0n) is 26.8. The van der Waals surface area contributed by atoms with E-state index in [1.165, 1.54) is 37.3 Å². The summed E-state index contributed by atoms with van der Waals surface area (Å²) in [5.74, 6) is -0.325. The van der Waals surface area contributed by atoms with Crippen LogP contribution in [0.1, 0.15) is 30.9 Å². The molecule has 4 rings (SSSR count). The molecule has 4 aromatic carbocycles. The van der Waals surface area contributed by atoms with Crippen molar-refractivity contribution in [1.29, 1.82) is 0 Å². The van der Waals surface area contributed by atoms with Gasteiger partial charge in [0.2, 0.25) is 11.8 Å². The van der Waals surface area contributed by atoms with Crippen LogP contribution < -0.4 is 19.1 Å². The van der Waals surface area contributed by atoms with Crippen LogP contribution in [0.4, 0.5) is 5.69 Å². The number of anilines is 1. The van der Waals surface area contributed by atoms with Gasteiger partial charge in [-0.2, -0.15) is 0 Å². The van der Waals surface area contributed by atoms with Crippen molar-refractivity contribution in [2.75, 3.05) is 31.6 Å². The number of hydrogen-bond donors (Lipinski definition) is 1. The number of sulfonamides is 1. The minimum atomic E-state index is -4.31. The third kappa shape index (κ3) is 9.27. The summed E-state index contributed by atoms with van der Waals surface area (Å²) in [6, 6.07) is 28.0. The molecule has 0 unspecified atom stereocenters. The fraction of sp³-hybridized carbons (Fsp3) is 0.278. The van der Waals surface area contributed by atoms with E-state index in [0.717, 1.165) is 28.3 Å². The number of amides is 2. The molecule has 1 N–H and O–H groups in total. The Morgan fingerprint density at radius 1 is 0.851 bits per heavy atom. The topological polar surface area (TPSA) is 105 Å². The summed E-state index contributed by atoms with van der Waals surface area (Å²) in [6.45, 7) is 1.88. The minimum Gasteiger partial charge on any atom is -0.497 e. The molecular formula is C36H40ClN3O6S. The fourth-order valence-corrected chi connectivity index (χ4v) is 6.63. The molecule has 1 atom stereocenters. The van der Waals surface area contributed by atoms with Gasteiger partial charge in [-0.05, 0) is 53.9 Å². The molecule has 9 nitrogen and oxygen atoms in total. The van der Waals surface area contributed by atoms with Crippen molar-refractivity contribution >= 4 is 39.1 Å². The van der Waals surface area contributed by atoms with E-state index in [9.17, 15) is 18.0 Å². The van der Waals surface area contributed by atoms with Gasteiger partial charge in [0.15, 0.2) is 0 Å². The Labute approximate surface area is 282 Å². The molecule has 0 spiro atoms. The van der Waals surface area contributed by atoms with Gasteiger partial charge in [-0.25, -0.2) is 8.42 Å². The molecular weight excluding hydrogens is 638 g/mol. The van der Waals surface area contributed by atoms with Crippen molar-refractivity contribution < 1.29 is 27.5 Å². The molecule has 0 bridgehead atoms. The van der Waals surface area contributed by atoms with E-state index in [2.05, 4.69) is 5.32 Å². The van der Waals surface area contributed by atoms with Gasteiger partial charge in [0.05, 0.1) is 24.8 Å². The highest BCUT2D eigenvalue weighted by Crippen LogP contribution is 2.36. The number of methoxy groups -OCH3 is 2. The lowest BCUT2D eigenvalue weighted by Gasteiger charge is -2.34. The second-order valence-electron chi connectivity index (χ2n) is 10.9. The average Bonchev–Trinajstić information content (AvgIpc) is 3.10. The summed E-state index contributed by atoms with van der Waals surface area (Å²) in [7, 11) is -1.42. The lowest BCUT2D eigenvalue weighted by atomic mass is 10.0. The van der Waals surface area contributed by atoms with Crippen LogP contribution in [0.25, 0.3) is 0 Å². The number of rotatable bonds is 16. The average molecular weight is 678 g/mol. The fourth-order valence-electron chi connectivity index (χ4n) is 5.07. The highest BCUT2D eigenvalue weighted by atomic mass is 35.5. The Balaban J connectivity index is 1.84. The molecule has 0 aliphatic rings. The van der Waals surface area contributed by atoms with Crippen molar-refractivity contribution in [2.24, 2.45) is 0 Å². The summed E-state index contributed by atoms with van der Waals surface area (Å²) in [5.41, 5.74) is 1.68. The second-order valence-corrected chi connectivity index (χ2v) is 13.2. The van der Waals surface area contributed by atoms with Crippen molar-refractivity contribution in [3.05, 3.63) is 119 Å². The van der Waals surface area contributed by atoms with E-state index in [1.54, 1.807) is 54.6 Å². The van der Waals surface area contributed by atoms with Gasteiger partial charge in [-0.15, -0.1) is 0 Å². The monoisotopic (exact) mass is 677 g/mol. The number of unbranched alkanes of at least 4 members (excludes halogenated alkanes) is 1. The predicted octanol–water partition coefficient (Wildman–Crippen LogP) is 6.11. The summed E-state index contributed by atoms with van der Waals surface area (Å²) >= 11 is 6.16. The van der Waals surface area contributed by atoms with Crippen LogP contribution in [0.2, 0.25) is 5.02 Å². The number of nitrogens with one attached hydrogen (secondary N) is 1. The molecule has 4 aromatic rings. The van der Waals surface area contributed by atoms with E-state index in [1.807, 2.05) is 37.3 Å². The number of halogens is 1. The maximum atomic E-state index is 14.6. The maximum Gasteiger partial charge on any atom is 0.264 e. The first-order valence-electron chi connectivity index (χ1n) is 15.3. The van der Waals surface area contributed by atoms with E-state index in [-0.39, 0.29) is 35.2 Å². The maximum absolute atomic E-state index is 14.6. The third-order valence-corrected chi connectivity index (χ3v) is 9.66. The Morgan fingerprint density at radius 3 is 2.13 bits per heavy atom. The van der Waals surface area contributed by atoms with Crippen LogP contribution in [0.3, 0.4) is 0 Å². The molecule has 0 fully saturated rings. The third-order valence-electron chi connectivity index (χ3n) is 7.63. The highest BCUT2D eigenvalue weighted by molar-refractivity contribution is 7.92. The number of carbonyl (C=O) groups excluding carboxylic acids is 2. The van der Waals surface area contributed by atoms with Crippen LogP contribution >= 0.6 is 11.6 Å². The van der Waals surface area contributed by atoms with Crippen LogP contribution in [0.5, 0.6) is 11.5 Å². The van der Waals surface area contributed by atoms with Gasteiger partial charge in [-0.1, -0.05) is 85.6 Å². The van der Waals surface area contributed by atoms with Crippen LogP contribution in [-0.2, 0) is 32.6 Å². The standard InChI is InChI=1S/C36H40ClN3O6S/c1-4-5-22-38-36(42)33(23-27-12-8-6-9-13-27)39(25-28-16-18-29(37)19-17-28)35(41)26-40(47(43,44)31-14-10-7-11-15-31)32-24-30(45-2)20-21-34(32)46-3/h6-21,24,33H,4-5,22-23,25-26H2,1-3H3,(H,38,42)/t33-/m1/s1. The molecule has 0 saturated carbocycles. The van der Waals surface area contributed by atoms with Crippen molar-refractivity contribution in [3.8, 4) is 11.5 Å². The van der Waals surface area contributed by atoms with E-state index >= 15 is 0 Å². The summed E-state index contributed by atoms with van der Waals surface area (Å²) in [6.07, 6.45) is 1.87. The van der Waals surface area contributed by atoms with E-state index in [4.69, 9.17) is 21.1 Å². The Hall–Kier alpha value is -4.54.